The minimum Gasteiger partial charge on any atom is -0.282 e. The molecule has 0 unspecified atom stereocenters. The van der Waals surface area contributed by atoms with E-state index in [0.717, 1.165) is 18.2 Å². The molecule has 0 fully saturated rings. The summed E-state index contributed by atoms with van der Waals surface area (Å²) in [5.41, 5.74) is 0. The second kappa shape index (κ2) is 13.6. The molecule has 3 radical (unpaired) electrons. The summed E-state index contributed by atoms with van der Waals surface area (Å²) in [6.07, 6.45) is 0. The third-order valence-electron chi connectivity index (χ3n) is 4.12. The van der Waals surface area contributed by atoms with Gasteiger partial charge in [-0.1, -0.05) is 36.4 Å². The molecule has 0 bridgehead atoms. The van der Waals surface area contributed by atoms with E-state index in [0.29, 0.717) is 15.9 Å². The van der Waals surface area contributed by atoms with Crippen LogP contribution < -0.4 is 15.9 Å². The van der Waals surface area contributed by atoms with Crippen LogP contribution in [0.25, 0.3) is 0 Å². The fraction of sp³-hybridized carbons (Fsp3) is 0. The van der Waals surface area contributed by atoms with Crippen molar-refractivity contribution in [3.05, 3.63) is 72.8 Å². The number of hydrogen-bond donors (Lipinski definition) is 3. The van der Waals surface area contributed by atoms with E-state index in [1.54, 1.807) is 0 Å². The van der Waals surface area contributed by atoms with Gasteiger partial charge in [-0.05, 0) is 60.2 Å². The normalized spacial score (nSPS) is 11.6. The summed E-state index contributed by atoms with van der Waals surface area (Å²) in [7, 11) is -15.4. The van der Waals surface area contributed by atoms with Crippen molar-refractivity contribution in [1.29, 1.82) is 0 Å². The Morgan fingerprint density at radius 2 is 0.706 bits per heavy atom. The second-order valence-electron chi connectivity index (χ2n) is 6.25. The van der Waals surface area contributed by atoms with E-state index < -0.39 is 53.0 Å². The minimum atomic E-state index is -4.55. The standard InChI is InChI=1S/C18H15O9PS3.3Na/c19-29(20,21)16-7-1-4-13(10-16)28(14-5-2-8-17(11-14)30(22,23)24)15-6-3-9-18(12-15)31(25,26)27;;;/h1-12H,(H,19,20,21)(H,22,23,24)(H,25,26,27);;;. The first-order valence-electron chi connectivity index (χ1n) is 8.30. The zero-order chi connectivity index (χ0) is 23.0. The van der Waals surface area contributed by atoms with Crippen LogP contribution in [0.5, 0.6) is 0 Å². The van der Waals surface area contributed by atoms with E-state index in [9.17, 15) is 38.9 Å². The number of rotatable bonds is 6. The molecule has 0 saturated carbocycles. The first-order chi connectivity index (χ1) is 14.3. The van der Waals surface area contributed by atoms with Gasteiger partial charge in [0.2, 0.25) is 0 Å². The molecule has 9 nitrogen and oxygen atoms in total. The molecule has 0 heterocycles. The van der Waals surface area contributed by atoms with E-state index in [1.807, 2.05) is 0 Å². The third-order valence-corrected chi connectivity index (χ3v) is 9.05. The molecule has 0 saturated heterocycles. The monoisotopic (exact) mass is 571 g/mol. The first kappa shape index (κ1) is 34.8. The molecule has 16 heteroatoms. The Morgan fingerprint density at radius 1 is 0.471 bits per heavy atom. The van der Waals surface area contributed by atoms with Gasteiger partial charge in [-0.15, -0.1) is 0 Å². The summed E-state index contributed by atoms with van der Waals surface area (Å²) >= 11 is 0. The summed E-state index contributed by atoms with van der Waals surface area (Å²) in [5.74, 6) is 0. The second-order valence-corrected chi connectivity index (χ2v) is 12.7. The van der Waals surface area contributed by atoms with Crippen molar-refractivity contribution < 1.29 is 38.9 Å². The maximum Gasteiger partial charge on any atom is 0.294 e. The molecule has 0 aliphatic heterocycles. The van der Waals surface area contributed by atoms with Crippen LogP contribution in [0.4, 0.5) is 0 Å². The van der Waals surface area contributed by atoms with Gasteiger partial charge in [0, 0.05) is 88.7 Å². The van der Waals surface area contributed by atoms with Gasteiger partial charge in [-0.25, -0.2) is 0 Å². The molecule has 34 heavy (non-hydrogen) atoms. The Morgan fingerprint density at radius 3 is 0.912 bits per heavy atom. The molecule has 3 N–H and O–H groups in total. The maximum absolute atomic E-state index is 11.6. The average molecular weight is 571 g/mol. The van der Waals surface area contributed by atoms with Crippen molar-refractivity contribution >= 4 is 143 Å². The first-order valence-corrected chi connectivity index (χ1v) is 14.0. The van der Waals surface area contributed by atoms with Gasteiger partial charge in [0.15, 0.2) is 0 Å². The number of benzene rings is 3. The Kier molecular flexibility index (Phi) is 13.9. The molecule has 0 amide bonds. The van der Waals surface area contributed by atoms with E-state index in [1.165, 1.54) is 54.6 Å². The predicted molar refractivity (Wildman–Crippen MR) is 132 cm³/mol. The van der Waals surface area contributed by atoms with Gasteiger partial charge in [-0.3, -0.25) is 13.7 Å². The topological polar surface area (TPSA) is 163 Å². The fourth-order valence-corrected chi connectivity index (χ4v) is 7.04. The van der Waals surface area contributed by atoms with Crippen LogP contribution in [0.1, 0.15) is 0 Å². The van der Waals surface area contributed by atoms with Gasteiger partial charge in [-0.2, -0.15) is 25.3 Å². The Bertz CT molecular complexity index is 1300. The molecule has 0 spiro atoms. The molecular formula is C18H15Na3O9PS3. The molecule has 0 aliphatic rings. The quantitative estimate of drug-likeness (QED) is 0.211. The van der Waals surface area contributed by atoms with Crippen LogP contribution in [0.3, 0.4) is 0 Å². The van der Waals surface area contributed by atoms with Crippen LogP contribution in [0.15, 0.2) is 87.5 Å². The minimum absolute atomic E-state index is 0. The van der Waals surface area contributed by atoms with Gasteiger partial charge in [0.05, 0.1) is 14.7 Å². The van der Waals surface area contributed by atoms with E-state index in [-0.39, 0.29) is 88.7 Å². The summed E-state index contributed by atoms with van der Waals surface area (Å²) in [6.45, 7) is 0. The predicted octanol–water partition coefficient (Wildman–Crippen LogP) is 0.0425. The van der Waals surface area contributed by atoms with E-state index in [4.69, 9.17) is 0 Å². The molecule has 167 valence electrons. The van der Waals surface area contributed by atoms with E-state index >= 15 is 0 Å². The SMILES string of the molecule is O=S(=O)(O)c1cccc(P(c2cccc(S(=O)(=O)O)c2)c2cccc(S(=O)(=O)O)c2)c1.[Na].[Na].[Na]. The third kappa shape index (κ3) is 8.98. The van der Waals surface area contributed by atoms with Crippen LogP contribution >= 0.6 is 7.92 Å². The van der Waals surface area contributed by atoms with Crippen LogP contribution in [-0.2, 0) is 30.4 Å². The van der Waals surface area contributed by atoms with Crippen molar-refractivity contribution in [1.82, 2.24) is 0 Å². The Balaban J connectivity index is 0.00000363. The summed E-state index contributed by atoms with van der Waals surface area (Å²) < 4.78 is 97.7. The smallest absolute Gasteiger partial charge is 0.282 e. The molecule has 3 aromatic rings. The average Bonchev–Trinajstić information content (AvgIpc) is 2.67. The van der Waals surface area contributed by atoms with E-state index in [2.05, 4.69) is 0 Å². The number of hydrogen-bond acceptors (Lipinski definition) is 6. The summed E-state index contributed by atoms with van der Waals surface area (Å²) in [4.78, 5) is -1.22. The van der Waals surface area contributed by atoms with Gasteiger partial charge >= 0.3 is 0 Å². The van der Waals surface area contributed by atoms with Crippen LogP contribution in [0.2, 0.25) is 0 Å². The Labute approximate surface area is 265 Å². The van der Waals surface area contributed by atoms with Crippen molar-refractivity contribution in [2.24, 2.45) is 0 Å². The largest absolute Gasteiger partial charge is 0.294 e. The molecule has 0 atom stereocenters. The van der Waals surface area contributed by atoms with Crippen molar-refractivity contribution in [3.63, 3.8) is 0 Å². The van der Waals surface area contributed by atoms with Crippen LogP contribution in [-0.4, -0.2) is 128 Å². The fourth-order valence-electron chi connectivity index (χ4n) is 2.80. The molecule has 3 rings (SSSR count). The molecular weight excluding hydrogens is 556 g/mol. The van der Waals surface area contributed by atoms with Crippen LogP contribution in [0, 0.1) is 0 Å². The Hall–Kier alpha value is 0.820. The summed E-state index contributed by atoms with van der Waals surface area (Å²) in [6, 6.07) is 15.7. The van der Waals surface area contributed by atoms with Gasteiger partial charge < -0.3 is 0 Å². The van der Waals surface area contributed by atoms with Crippen molar-refractivity contribution in [2.45, 2.75) is 14.7 Å². The molecule has 0 aromatic heterocycles. The zero-order valence-corrected chi connectivity index (χ0v) is 27.7. The maximum atomic E-state index is 11.6. The summed E-state index contributed by atoms with van der Waals surface area (Å²) in [5, 5.41) is 1.01. The zero-order valence-electron chi connectivity index (χ0n) is 18.4. The molecule has 3 aromatic carbocycles. The van der Waals surface area contributed by atoms with Gasteiger partial charge in [0.1, 0.15) is 0 Å². The van der Waals surface area contributed by atoms with Crippen molar-refractivity contribution in [3.8, 4) is 0 Å². The molecule has 0 aliphatic carbocycles. The van der Waals surface area contributed by atoms with Gasteiger partial charge in [0.25, 0.3) is 30.4 Å². The van der Waals surface area contributed by atoms with Crippen molar-refractivity contribution in [2.75, 3.05) is 0 Å².